The van der Waals surface area contributed by atoms with Crippen molar-refractivity contribution in [2.24, 2.45) is 0 Å². The zero-order chi connectivity index (χ0) is 28.5. The van der Waals surface area contributed by atoms with E-state index in [1.807, 2.05) is 0 Å². The highest BCUT2D eigenvalue weighted by Gasteiger charge is 2.25. The molecule has 43 heavy (non-hydrogen) atoms. The molecule has 9 rings (SSSR count). The van der Waals surface area contributed by atoms with E-state index in [1.165, 1.54) is 59.1 Å². The monoisotopic (exact) mass is 584 g/mol. The fourth-order valence-electron chi connectivity index (χ4n) is 6.77. The Morgan fingerprint density at radius 3 is 1.84 bits per heavy atom. The predicted molar refractivity (Wildman–Crippen MR) is 189 cm³/mol. The molecule has 0 fully saturated rings. The molecule has 0 spiro atoms. The predicted octanol–water partition coefficient (Wildman–Crippen LogP) is 8.86. The van der Waals surface area contributed by atoms with Crippen LogP contribution in [0.4, 0.5) is 0 Å². The third-order valence-corrected chi connectivity index (χ3v) is 13.7. The molecule has 2 nitrogen and oxygen atoms in total. The van der Waals surface area contributed by atoms with Crippen LogP contribution in [0.2, 0.25) is 0 Å². The number of fused-ring (bicyclic) bond motifs is 11. The molecule has 0 aliphatic carbocycles. The van der Waals surface area contributed by atoms with Gasteiger partial charge in [0, 0.05) is 16.8 Å². The lowest BCUT2D eigenvalue weighted by Crippen LogP contribution is -2.24. The summed E-state index contributed by atoms with van der Waals surface area (Å²) in [7, 11) is 0. The van der Waals surface area contributed by atoms with Gasteiger partial charge in [-0.05, 0) is 73.2 Å². The molecular weight excluding hydrogens is 559 g/mol. The fourth-order valence-corrected chi connectivity index (χ4v) is 10.5. The van der Waals surface area contributed by atoms with Gasteiger partial charge in [0.2, 0.25) is 0 Å². The lowest BCUT2D eigenvalue weighted by atomic mass is 9.98. The summed E-state index contributed by atoms with van der Waals surface area (Å²) in [4.78, 5) is 5.24. The second-order valence-corrected chi connectivity index (χ2v) is 15.6. The Kier molecular flexibility index (Phi) is 5.38. The zero-order valence-electron chi connectivity index (χ0n) is 23.2. The molecule has 0 aliphatic rings. The summed E-state index contributed by atoms with van der Waals surface area (Å²) in [5.41, 5.74) is 4.29. The van der Waals surface area contributed by atoms with Crippen molar-refractivity contribution in [3.8, 4) is 0 Å². The molecule has 7 aromatic carbocycles. The summed E-state index contributed by atoms with van der Waals surface area (Å²) in [5, 5.41) is 12.1. The SMILES string of the molecule is S=P(c1ccccc1)(c1ccccc1)c1ccc2c(ccc3c4cc5ccccc5cc4n4c5ccccc5nc4c23)c1. The van der Waals surface area contributed by atoms with Crippen molar-refractivity contribution < 1.29 is 0 Å². The second kappa shape index (κ2) is 9.34. The normalized spacial score (nSPS) is 12.3. The van der Waals surface area contributed by atoms with E-state index in [-0.39, 0.29) is 0 Å². The molecule has 0 bridgehead atoms. The Bertz CT molecular complexity index is 2540. The van der Waals surface area contributed by atoms with E-state index in [1.54, 1.807) is 0 Å². The van der Waals surface area contributed by atoms with Gasteiger partial charge in [-0.1, -0.05) is 133 Å². The minimum atomic E-state index is -2.27. The Hall–Kier alpha value is -4.82. The molecule has 0 amide bonds. The Morgan fingerprint density at radius 2 is 1.09 bits per heavy atom. The first kappa shape index (κ1) is 24.7. The van der Waals surface area contributed by atoms with Gasteiger partial charge in [0.15, 0.2) is 0 Å². The third-order valence-electron chi connectivity index (χ3n) is 8.79. The Labute approximate surface area is 253 Å². The van der Waals surface area contributed by atoms with Crippen LogP contribution in [0, 0.1) is 0 Å². The van der Waals surface area contributed by atoms with Gasteiger partial charge in [-0.3, -0.25) is 4.40 Å². The van der Waals surface area contributed by atoms with E-state index in [4.69, 9.17) is 16.8 Å². The summed E-state index contributed by atoms with van der Waals surface area (Å²) >= 11 is 6.68. The van der Waals surface area contributed by atoms with Crippen LogP contribution < -0.4 is 15.9 Å². The summed E-state index contributed by atoms with van der Waals surface area (Å²) < 4.78 is 2.35. The van der Waals surface area contributed by atoms with E-state index < -0.39 is 6.04 Å². The van der Waals surface area contributed by atoms with Gasteiger partial charge in [-0.2, -0.15) is 0 Å². The molecule has 202 valence electrons. The first-order chi connectivity index (χ1) is 21.2. The number of rotatable bonds is 3. The van der Waals surface area contributed by atoms with Crippen molar-refractivity contribution in [2.75, 3.05) is 0 Å². The molecule has 2 heterocycles. The van der Waals surface area contributed by atoms with Gasteiger partial charge in [0.25, 0.3) is 0 Å². The number of hydrogen-bond donors (Lipinski definition) is 0. The molecule has 0 saturated carbocycles. The molecule has 9 aromatic rings. The maximum atomic E-state index is 6.68. The van der Waals surface area contributed by atoms with Gasteiger partial charge >= 0.3 is 0 Å². The molecule has 4 heteroatoms. The van der Waals surface area contributed by atoms with Crippen molar-refractivity contribution in [2.45, 2.75) is 0 Å². The molecule has 0 aliphatic heterocycles. The van der Waals surface area contributed by atoms with E-state index in [2.05, 4.69) is 156 Å². The summed E-state index contributed by atoms with van der Waals surface area (Å²) in [6, 6.07) is 52.2. The number of hydrogen-bond acceptors (Lipinski definition) is 2. The standard InChI is InChI=1S/C39H25N2PS/c43-42(29-13-3-1-4-14-29,30-15-5-2-6-16-30)31-20-22-32-28(23-31)19-21-33-34-24-26-11-7-8-12-27(26)25-37(34)41-36-18-10-9-17-35(36)40-39(41)38(32)33/h1-25H. The Balaban J connectivity index is 1.41. The van der Waals surface area contributed by atoms with E-state index >= 15 is 0 Å². The quantitative estimate of drug-likeness (QED) is 0.117. The highest BCUT2D eigenvalue weighted by Crippen LogP contribution is 2.44. The minimum absolute atomic E-state index is 0.989. The molecule has 0 unspecified atom stereocenters. The minimum Gasteiger partial charge on any atom is -0.292 e. The lowest BCUT2D eigenvalue weighted by Gasteiger charge is -2.24. The van der Waals surface area contributed by atoms with Crippen molar-refractivity contribution in [1.82, 2.24) is 9.38 Å². The third kappa shape index (κ3) is 3.59. The van der Waals surface area contributed by atoms with Gasteiger partial charge < -0.3 is 0 Å². The van der Waals surface area contributed by atoms with Gasteiger partial charge in [0.1, 0.15) is 5.65 Å². The number of pyridine rings is 1. The molecule has 0 radical (unpaired) electrons. The smallest absolute Gasteiger partial charge is 0.147 e. The van der Waals surface area contributed by atoms with Crippen LogP contribution in [0.3, 0.4) is 0 Å². The number of benzene rings is 7. The average molecular weight is 585 g/mol. The van der Waals surface area contributed by atoms with Crippen LogP contribution >= 0.6 is 6.04 Å². The first-order valence-corrected chi connectivity index (χ1v) is 17.3. The molecule has 0 atom stereocenters. The second-order valence-electron chi connectivity index (χ2n) is 11.1. The van der Waals surface area contributed by atoms with E-state index in [0.717, 1.165) is 16.7 Å². The highest BCUT2D eigenvalue weighted by atomic mass is 32.4. The van der Waals surface area contributed by atoms with Crippen molar-refractivity contribution >= 4 is 93.7 Å². The van der Waals surface area contributed by atoms with Crippen LogP contribution in [0.1, 0.15) is 0 Å². The average Bonchev–Trinajstić information content (AvgIpc) is 3.47. The van der Waals surface area contributed by atoms with Crippen LogP contribution in [0.15, 0.2) is 152 Å². The first-order valence-electron chi connectivity index (χ1n) is 14.5. The topological polar surface area (TPSA) is 17.3 Å². The van der Waals surface area contributed by atoms with E-state index in [0.29, 0.717) is 0 Å². The van der Waals surface area contributed by atoms with Crippen LogP contribution in [-0.4, -0.2) is 9.38 Å². The maximum absolute atomic E-state index is 6.68. The number of nitrogens with zero attached hydrogens (tertiary/aromatic N) is 2. The molecule has 2 aromatic heterocycles. The number of aromatic nitrogens is 2. The molecule has 0 saturated heterocycles. The van der Waals surface area contributed by atoms with Crippen LogP contribution in [-0.2, 0) is 11.8 Å². The largest absolute Gasteiger partial charge is 0.292 e. The van der Waals surface area contributed by atoms with Crippen molar-refractivity contribution in [3.63, 3.8) is 0 Å². The van der Waals surface area contributed by atoms with Gasteiger partial charge in [-0.25, -0.2) is 4.98 Å². The van der Waals surface area contributed by atoms with Gasteiger partial charge in [-0.15, -0.1) is 0 Å². The van der Waals surface area contributed by atoms with Crippen LogP contribution in [0.25, 0.3) is 59.9 Å². The fraction of sp³-hybridized carbons (Fsp3) is 0. The van der Waals surface area contributed by atoms with Gasteiger partial charge in [0.05, 0.1) is 16.6 Å². The summed E-state index contributed by atoms with van der Waals surface area (Å²) in [6.07, 6.45) is 0. The van der Waals surface area contributed by atoms with E-state index in [9.17, 15) is 0 Å². The van der Waals surface area contributed by atoms with Crippen molar-refractivity contribution in [1.29, 1.82) is 0 Å². The molecular formula is C39H25N2PS. The highest BCUT2D eigenvalue weighted by molar-refractivity contribution is 8.25. The summed E-state index contributed by atoms with van der Waals surface area (Å²) in [5.74, 6) is 0. The lowest BCUT2D eigenvalue weighted by molar-refractivity contribution is 1.32. The van der Waals surface area contributed by atoms with Crippen LogP contribution in [0.5, 0.6) is 0 Å². The number of para-hydroxylation sites is 2. The van der Waals surface area contributed by atoms with Crippen molar-refractivity contribution in [3.05, 3.63) is 152 Å². The maximum Gasteiger partial charge on any atom is 0.147 e. The molecule has 0 N–H and O–H groups in total. The number of imidazole rings is 1. The summed E-state index contributed by atoms with van der Waals surface area (Å²) in [6.45, 7) is 0. The zero-order valence-corrected chi connectivity index (χ0v) is 24.9. The Morgan fingerprint density at radius 1 is 0.465 bits per heavy atom.